The van der Waals surface area contributed by atoms with Gasteiger partial charge in [-0.1, -0.05) is 0 Å². The predicted molar refractivity (Wildman–Crippen MR) is 105 cm³/mol. The highest BCUT2D eigenvalue weighted by atomic mass is 79.9. The Kier molecular flexibility index (Phi) is 5.09. The number of furan rings is 1. The number of nitrogens with one attached hydrogen (secondary N) is 1. The Bertz CT molecular complexity index is 1060. The lowest BCUT2D eigenvalue weighted by Crippen LogP contribution is -2.25. The smallest absolute Gasteiger partial charge is 0.232 e. The maximum atomic E-state index is 13.3. The van der Waals surface area contributed by atoms with E-state index < -0.39 is 10.0 Å². The van der Waals surface area contributed by atoms with Crippen molar-refractivity contribution in [2.75, 3.05) is 24.7 Å². The number of hydrogen-bond acceptors (Lipinski definition) is 4. The van der Waals surface area contributed by atoms with Gasteiger partial charge >= 0.3 is 0 Å². The lowest BCUT2D eigenvalue weighted by atomic mass is 10.1. The average Bonchev–Trinajstić information content (AvgIpc) is 2.91. The minimum absolute atomic E-state index is 0.320. The second-order valence-electron chi connectivity index (χ2n) is 5.98. The van der Waals surface area contributed by atoms with Crippen LogP contribution in [-0.4, -0.2) is 28.8 Å². The SMILES string of the molecule is CNCc1c(-c2ccc(F)cc2)oc2cc(N(C)S(C)(=O)=O)c(Br)cc12. The van der Waals surface area contributed by atoms with E-state index in [4.69, 9.17) is 4.42 Å². The van der Waals surface area contributed by atoms with Gasteiger partial charge in [0.15, 0.2) is 0 Å². The molecule has 0 unspecified atom stereocenters. The lowest BCUT2D eigenvalue weighted by molar-refractivity contribution is 0.600. The van der Waals surface area contributed by atoms with Crippen LogP contribution < -0.4 is 9.62 Å². The second kappa shape index (κ2) is 7.02. The van der Waals surface area contributed by atoms with Gasteiger partial charge in [0.2, 0.25) is 10.0 Å². The number of hydrogen-bond donors (Lipinski definition) is 1. The molecule has 0 aliphatic heterocycles. The van der Waals surface area contributed by atoms with Crippen molar-refractivity contribution < 1.29 is 17.2 Å². The first-order valence-electron chi connectivity index (χ1n) is 7.81. The van der Waals surface area contributed by atoms with Crippen LogP contribution >= 0.6 is 15.9 Å². The molecule has 1 aromatic heterocycles. The van der Waals surface area contributed by atoms with Gasteiger partial charge in [-0.3, -0.25) is 4.31 Å². The third-order valence-corrected chi connectivity index (χ3v) is 5.98. The van der Waals surface area contributed by atoms with E-state index in [1.807, 2.05) is 13.1 Å². The molecule has 1 heterocycles. The van der Waals surface area contributed by atoms with Crippen molar-refractivity contribution in [1.82, 2.24) is 5.32 Å². The lowest BCUT2D eigenvalue weighted by Gasteiger charge is -2.18. The summed E-state index contributed by atoms with van der Waals surface area (Å²) in [5, 5.41) is 3.97. The van der Waals surface area contributed by atoms with Crippen molar-refractivity contribution >= 4 is 42.6 Å². The molecule has 2 aromatic carbocycles. The Morgan fingerprint density at radius 3 is 2.46 bits per heavy atom. The molecular weight excluding hydrogens is 423 g/mol. The van der Waals surface area contributed by atoms with E-state index in [2.05, 4.69) is 21.2 Å². The fraction of sp³-hybridized carbons (Fsp3) is 0.222. The third-order valence-electron chi connectivity index (χ3n) is 4.16. The zero-order valence-corrected chi connectivity index (χ0v) is 16.9. The molecule has 0 spiro atoms. The van der Waals surface area contributed by atoms with Gasteiger partial charge in [-0.15, -0.1) is 0 Å². The van der Waals surface area contributed by atoms with Crippen molar-refractivity contribution in [3.8, 4) is 11.3 Å². The summed E-state index contributed by atoms with van der Waals surface area (Å²) in [6, 6.07) is 9.60. The number of fused-ring (bicyclic) bond motifs is 1. The van der Waals surface area contributed by atoms with Crippen molar-refractivity contribution in [2.24, 2.45) is 0 Å². The molecule has 8 heteroatoms. The number of nitrogens with zero attached hydrogens (tertiary/aromatic N) is 1. The van der Waals surface area contributed by atoms with Crippen molar-refractivity contribution in [1.29, 1.82) is 0 Å². The summed E-state index contributed by atoms with van der Waals surface area (Å²) in [6.07, 6.45) is 1.14. The molecule has 26 heavy (non-hydrogen) atoms. The molecule has 0 aliphatic carbocycles. The Balaban J connectivity index is 2.24. The molecule has 1 N–H and O–H groups in total. The van der Waals surface area contributed by atoms with Crippen molar-refractivity contribution in [3.05, 3.63) is 52.3 Å². The maximum absolute atomic E-state index is 13.3. The van der Waals surface area contributed by atoms with E-state index in [9.17, 15) is 12.8 Å². The summed E-state index contributed by atoms with van der Waals surface area (Å²) in [6.45, 7) is 0.549. The number of sulfonamides is 1. The largest absolute Gasteiger partial charge is 0.456 e. The monoisotopic (exact) mass is 440 g/mol. The number of anilines is 1. The predicted octanol–water partition coefficient (Wildman–Crippen LogP) is 4.12. The normalized spacial score (nSPS) is 11.9. The highest BCUT2D eigenvalue weighted by Gasteiger charge is 2.21. The van der Waals surface area contributed by atoms with Gasteiger partial charge in [-0.05, 0) is 53.3 Å². The van der Waals surface area contributed by atoms with Crippen molar-refractivity contribution in [3.63, 3.8) is 0 Å². The van der Waals surface area contributed by atoms with Crippen LogP contribution in [0.15, 0.2) is 45.3 Å². The molecular formula is C18H18BrFN2O3S. The van der Waals surface area contributed by atoms with Gasteiger partial charge in [0, 0.05) is 40.6 Å². The first kappa shape index (κ1) is 18.9. The van der Waals surface area contributed by atoms with Gasteiger partial charge in [0.25, 0.3) is 0 Å². The Morgan fingerprint density at radius 1 is 1.23 bits per heavy atom. The van der Waals surface area contributed by atoms with E-state index in [-0.39, 0.29) is 5.82 Å². The van der Waals surface area contributed by atoms with Crippen LogP contribution in [0.1, 0.15) is 5.56 Å². The zero-order chi connectivity index (χ0) is 19.1. The van der Waals surface area contributed by atoms with Crippen LogP contribution in [0.4, 0.5) is 10.1 Å². The molecule has 0 saturated carbocycles. The molecule has 0 fully saturated rings. The molecule has 0 aliphatic rings. The van der Waals surface area contributed by atoms with Crippen molar-refractivity contribution in [2.45, 2.75) is 6.54 Å². The fourth-order valence-electron chi connectivity index (χ4n) is 2.76. The van der Waals surface area contributed by atoms with E-state index in [1.165, 1.54) is 23.5 Å². The number of benzene rings is 2. The molecule has 138 valence electrons. The minimum atomic E-state index is -3.41. The third kappa shape index (κ3) is 3.49. The first-order chi connectivity index (χ1) is 12.2. The standard InChI is InChI=1S/C18H18BrFN2O3S/c1-21-10-14-13-8-15(19)16(22(2)26(3,23)24)9-17(13)25-18(14)11-4-6-12(20)7-5-11/h4-9,21H,10H2,1-3H3. The average molecular weight is 441 g/mol. The van der Waals surface area contributed by atoms with E-state index in [1.54, 1.807) is 18.2 Å². The van der Waals surface area contributed by atoms with Gasteiger partial charge < -0.3 is 9.73 Å². The Hall–Kier alpha value is -1.90. The van der Waals surface area contributed by atoms with Gasteiger partial charge in [-0.25, -0.2) is 12.8 Å². The van der Waals surface area contributed by atoms with Gasteiger partial charge in [0.05, 0.1) is 11.9 Å². The van der Waals surface area contributed by atoms with Crippen LogP contribution in [-0.2, 0) is 16.6 Å². The maximum Gasteiger partial charge on any atom is 0.232 e. The van der Waals surface area contributed by atoms with Crippen LogP contribution in [0.2, 0.25) is 0 Å². The first-order valence-corrected chi connectivity index (χ1v) is 10.5. The van der Waals surface area contributed by atoms with E-state index in [0.29, 0.717) is 28.0 Å². The number of halogens is 2. The quantitative estimate of drug-likeness (QED) is 0.647. The molecule has 3 rings (SSSR count). The second-order valence-corrected chi connectivity index (χ2v) is 8.85. The van der Waals surface area contributed by atoms with Gasteiger partial charge in [0.1, 0.15) is 17.2 Å². The van der Waals surface area contributed by atoms with Crippen LogP contribution in [0.5, 0.6) is 0 Å². The van der Waals surface area contributed by atoms with Crippen LogP contribution in [0.3, 0.4) is 0 Å². The summed E-state index contributed by atoms with van der Waals surface area (Å²) >= 11 is 3.45. The minimum Gasteiger partial charge on any atom is -0.456 e. The molecule has 3 aromatic rings. The van der Waals surface area contributed by atoms with Crippen LogP contribution in [0, 0.1) is 5.82 Å². The van der Waals surface area contributed by atoms with E-state index >= 15 is 0 Å². The van der Waals surface area contributed by atoms with E-state index in [0.717, 1.165) is 22.8 Å². The summed E-state index contributed by atoms with van der Waals surface area (Å²) in [5.41, 5.74) is 2.71. The summed E-state index contributed by atoms with van der Waals surface area (Å²) in [5.74, 6) is 0.306. The number of rotatable bonds is 5. The highest BCUT2D eigenvalue weighted by molar-refractivity contribution is 9.10. The Morgan fingerprint density at radius 2 is 1.88 bits per heavy atom. The van der Waals surface area contributed by atoms with Crippen LogP contribution in [0.25, 0.3) is 22.3 Å². The Labute approximate surface area is 160 Å². The fourth-order valence-corrected chi connectivity index (χ4v) is 4.00. The van der Waals surface area contributed by atoms with Gasteiger partial charge in [-0.2, -0.15) is 0 Å². The molecule has 0 atom stereocenters. The molecule has 0 amide bonds. The topological polar surface area (TPSA) is 62.6 Å². The summed E-state index contributed by atoms with van der Waals surface area (Å²) < 4.78 is 44.9. The summed E-state index contributed by atoms with van der Waals surface area (Å²) in [7, 11) is -0.0966. The molecule has 0 bridgehead atoms. The zero-order valence-electron chi connectivity index (χ0n) is 14.5. The molecule has 0 radical (unpaired) electrons. The highest BCUT2D eigenvalue weighted by Crippen LogP contribution is 2.39. The molecule has 5 nitrogen and oxygen atoms in total. The summed E-state index contributed by atoms with van der Waals surface area (Å²) in [4.78, 5) is 0. The molecule has 0 saturated heterocycles.